The molecule has 0 heterocycles. The van der Waals surface area contributed by atoms with Gasteiger partial charge in [-0.25, -0.2) is 4.79 Å². The highest BCUT2D eigenvalue weighted by atomic mass is 16.6. The number of nitrogens with zero attached hydrogens (tertiary/aromatic N) is 1. The van der Waals surface area contributed by atoms with E-state index in [1.807, 2.05) is 26.0 Å². The Kier molecular flexibility index (Phi) is 3.69. The molecule has 0 bridgehead atoms. The first-order valence-corrected chi connectivity index (χ1v) is 4.53. The molecule has 78 valence electrons. The number of hydrogen-bond acceptors (Lipinski definition) is 3. The van der Waals surface area contributed by atoms with E-state index in [9.17, 15) is 4.79 Å². The minimum atomic E-state index is -0.606. The summed E-state index contributed by atoms with van der Waals surface area (Å²) < 4.78 is 5.03. The van der Waals surface area contributed by atoms with Crippen molar-refractivity contribution in [3.8, 4) is 11.8 Å². The third-order valence-electron chi connectivity index (χ3n) is 1.86. The van der Waals surface area contributed by atoms with Gasteiger partial charge in [-0.05, 0) is 31.0 Å². The lowest BCUT2D eigenvalue weighted by atomic mass is 10.1. The van der Waals surface area contributed by atoms with Crippen LogP contribution in [0.4, 0.5) is 4.79 Å². The van der Waals surface area contributed by atoms with Crippen LogP contribution in [0.3, 0.4) is 0 Å². The number of benzene rings is 1. The van der Waals surface area contributed by atoms with Gasteiger partial charge in [-0.2, -0.15) is 5.26 Å². The number of ether oxygens (including phenoxy) is 1. The van der Waals surface area contributed by atoms with Crippen LogP contribution in [-0.4, -0.2) is 12.6 Å². The Morgan fingerprint density at radius 2 is 2.27 bits per heavy atom. The lowest BCUT2D eigenvalue weighted by Crippen LogP contribution is -2.27. The summed E-state index contributed by atoms with van der Waals surface area (Å²) >= 11 is 0. The predicted molar refractivity (Wildman–Crippen MR) is 55.6 cm³/mol. The zero-order chi connectivity index (χ0) is 11.3. The van der Waals surface area contributed by atoms with Gasteiger partial charge in [0, 0.05) is 0 Å². The number of nitriles is 1. The summed E-state index contributed by atoms with van der Waals surface area (Å²) in [6.45, 7) is 3.72. The fourth-order valence-electron chi connectivity index (χ4n) is 1.06. The van der Waals surface area contributed by atoms with Gasteiger partial charge in [0.25, 0.3) is 0 Å². The Morgan fingerprint density at radius 3 is 2.93 bits per heavy atom. The molecular weight excluding hydrogens is 192 g/mol. The number of nitrogens with one attached hydrogen (secondary N) is 1. The molecule has 0 fully saturated rings. The first-order chi connectivity index (χ1) is 7.13. The molecule has 0 saturated carbocycles. The van der Waals surface area contributed by atoms with E-state index in [4.69, 9.17) is 10.00 Å². The Labute approximate surface area is 88.5 Å². The van der Waals surface area contributed by atoms with Crippen LogP contribution in [0.15, 0.2) is 18.2 Å². The van der Waals surface area contributed by atoms with Crippen molar-refractivity contribution in [3.63, 3.8) is 0 Å². The van der Waals surface area contributed by atoms with E-state index in [1.54, 1.807) is 12.1 Å². The predicted octanol–water partition coefficient (Wildman–Crippen LogP) is 1.92. The average Bonchev–Trinajstić information content (AvgIpc) is 2.20. The highest BCUT2D eigenvalue weighted by Gasteiger charge is 2.05. The third-order valence-corrected chi connectivity index (χ3v) is 1.86. The SMILES string of the molecule is Cc1ccc(C)c(OC(=O)NCC#N)c1. The lowest BCUT2D eigenvalue weighted by Gasteiger charge is -2.07. The Bertz CT molecular complexity index is 408. The number of aryl methyl sites for hydroxylation is 2. The molecule has 15 heavy (non-hydrogen) atoms. The van der Waals surface area contributed by atoms with Gasteiger partial charge in [-0.1, -0.05) is 12.1 Å². The monoisotopic (exact) mass is 204 g/mol. The Balaban J connectivity index is 2.68. The van der Waals surface area contributed by atoms with Crippen molar-refractivity contribution in [2.75, 3.05) is 6.54 Å². The van der Waals surface area contributed by atoms with E-state index in [2.05, 4.69) is 5.32 Å². The maximum Gasteiger partial charge on any atom is 0.413 e. The van der Waals surface area contributed by atoms with E-state index in [1.165, 1.54) is 0 Å². The van der Waals surface area contributed by atoms with E-state index in [0.29, 0.717) is 5.75 Å². The Morgan fingerprint density at radius 1 is 1.53 bits per heavy atom. The molecule has 4 nitrogen and oxygen atoms in total. The molecule has 0 aliphatic rings. The fourth-order valence-corrected chi connectivity index (χ4v) is 1.06. The molecule has 0 unspecified atom stereocenters. The van der Waals surface area contributed by atoms with Gasteiger partial charge in [0.2, 0.25) is 0 Å². The number of carbonyl (C=O) groups excluding carboxylic acids is 1. The molecule has 0 aromatic heterocycles. The van der Waals surface area contributed by atoms with Crippen molar-refractivity contribution >= 4 is 6.09 Å². The van der Waals surface area contributed by atoms with Crippen molar-refractivity contribution in [1.29, 1.82) is 5.26 Å². The number of amides is 1. The first kappa shape index (κ1) is 11.1. The van der Waals surface area contributed by atoms with E-state index in [0.717, 1.165) is 11.1 Å². The third kappa shape index (κ3) is 3.31. The molecule has 0 spiro atoms. The standard InChI is InChI=1S/C11H12N2O2/c1-8-3-4-9(2)10(7-8)15-11(14)13-6-5-12/h3-4,7H,6H2,1-2H3,(H,13,14). The topological polar surface area (TPSA) is 62.1 Å². The van der Waals surface area contributed by atoms with Crippen LogP contribution >= 0.6 is 0 Å². The van der Waals surface area contributed by atoms with Crippen LogP contribution in [0.5, 0.6) is 5.75 Å². The molecule has 1 aromatic rings. The summed E-state index contributed by atoms with van der Waals surface area (Å²) in [5, 5.41) is 10.6. The molecular formula is C11H12N2O2. The van der Waals surface area contributed by atoms with Gasteiger partial charge >= 0.3 is 6.09 Å². The molecule has 1 N–H and O–H groups in total. The van der Waals surface area contributed by atoms with Crippen LogP contribution in [0.1, 0.15) is 11.1 Å². The zero-order valence-electron chi connectivity index (χ0n) is 8.70. The Hall–Kier alpha value is -2.02. The molecule has 0 aliphatic carbocycles. The highest BCUT2D eigenvalue weighted by molar-refractivity contribution is 5.71. The van der Waals surface area contributed by atoms with Crippen LogP contribution in [0.25, 0.3) is 0 Å². The fraction of sp³-hybridized carbons (Fsp3) is 0.273. The van der Waals surface area contributed by atoms with Crippen LogP contribution in [0, 0.1) is 25.2 Å². The average molecular weight is 204 g/mol. The van der Waals surface area contributed by atoms with Gasteiger partial charge in [-0.15, -0.1) is 0 Å². The second-order valence-corrected chi connectivity index (χ2v) is 3.17. The van der Waals surface area contributed by atoms with Gasteiger partial charge in [0.15, 0.2) is 0 Å². The van der Waals surface area contributed by atoms with Gasteiger partial charge < -0.3 is 10.1 Å². The number of carbonyl (C=O) groups is 1. The first-order valence-electron chi connectivity index (χ1n) is 4.53. The van der Waals surface area contributed by atoms with Crippen LogP contribution in [-0.2, 0) is 0 Å². The molecule has 1 amide bonds. The van der Waals surface area contributed by atoms with Crippen LogP contribution < -0.4 is 10.1 Å². The van der Waals surface area contributed by atoms with Crippen molar-refractivity contribution in [3.05, 3.63) is 29.3 Å². The summed E-state index contributed by atoms with van der Waals surface area (Å²) in [7, 11) is 0. The quantitative estimate of drug-likeness (QED) is 0.748. The van der Waals surface area contributed by atoms with Gasteiger partial charge in [0.1, 0.15) is 12.3 Å². The number of rotatable bonds is 2. The molecule has 0 atom stereocenters. The van der Waals surface area contributed by atoms with Crippen molar-refractivity contribution in [1.82, 2.24) is 5.32 Å². The lowest BCUT2D eigenvalue weighted by molar-refractivity contribution is 0.201. The second-order valence-electron chi connectivity index (χ2n) is 3.17. The maximum atomic E-state index is 11.2. The molecule has 4 heteroatoms. The molecule has 0 saturated heterocycles. The summed E-state index contributed by atoms with van der Waals surface area (Å²) in [6, 6.07) is 7.39. The summed E-state index contributed by atoms with van der Waals surface area (Å²) in [4.78, 5) is 11.2. The number of hydrogen-bond donors (Lipinski definition) is 1. The summed E-state index contributed by atoms with van der Waals surface area (Å²) in [5.74, 6) is 0.519. The van der Waals surface area contributed by atoms with Crippen molar-refractivity contribution in [2.24, 2.45) is 0 Å². The van der Waals surface area contributed by atoms with E-state index < -0.39 is 6.09 Å². The summed E-state index contributed by atoms with van der Waals surface area (Å²) in [5.41, 5.74) is 1.90. The largest absolute Gasteiger partial charge is 0.413 e. The van der Waals surface area contributed by atoms with Gasteiger partial charge in [-0.3, -0.25) is 0 Å². The van der Waals surface area contributed by atoms with E-state index in [-0.39, 0.29) is 6.54 Å². The molecule has 1 rings (SSSR count). The zero-order valence-corrected chi connectivity index (χ0v) is 8.70. The summed E-state index contributed by atoms with van der Waals surface area (Å²) in [6.07, 6.45) is -0.606. The van der Waals surface area contributed by atoms with Gasteiger partial charge in [0.05, 0.1) is 6.07 Å². The second kappa shape index (κ2) is 5.01. The highest BCUT2D eigenvalue weighted by Crippen LogP contribution is 2.18. The van der Waals surface area contributed by atoms with Crippen molar-refractivity contribution in [2.45, 2.75) is 13.8 Å². The normalized spacial score (nSPS) is 9.13. The minimum Gasteiger partial charge on any atom is -0.410 e. The van der Waals surface area contributed by atoms with E-state index >= 15 is 0 Å². The molecule has 1 aromatic carbocycles. The molecule has 0 radical (unpaired) electrons. The van der Waals surface area contributed by atoms with Crippen molar-refractivity contribution < 1.29 is 9.53 Å². The minimum absolute atomic E-state index is 0.0519. The molecule has 0 aliphatic heterocycles. The maximum absolute atomic E-state index is 11.2. The smallest absolute Gasteiger partial charge is 0.410 e. The van der Waals surface area contributed by atoms with Crippen LogP contribution in [0.2, 0.25) is 0 Å².